The zero-order chi connectivity index (χ0) is 21.1. The molecule has 1 aliphatic heterocycles. The summed E-state index contributed by atoms with van der Waals surface area (Å²) < 4.78 is 0. The van der Waals surface area contributed by atoms with Crippen molar-refractivity contribution < 1.29 is 9.72 Å². The van der Waals surface area contributed by atoms with Crippen molar-refractivity contribution in [1.82, 2.24) is 5.32 Å². The van der Waals surface area contributed by atoms with Gasteiger partial charge in [0.25, 0.3) is 11.6 Å². The van der Waals surface area contributed by atoms with Crippen molar-refractivity contribution in [3.05, 3.63) is 63.2 Å². The van der Waals surface area contributed by atoms with E-state index in [0.29, 0.717) is 24.3 Å². The first-order valence-electron chi connectivity index (χ1n) is 9.93. The quantitative estimate of drug-likeness (QED) is 0.616. The first-order chi connectivity index (χ1) is 13.8. The Bertz CT molecular complexity index is 918. The summed E-state index contributed by atoms with van der Waals surface area (Å²) in [5, 5.41) is 14.4. The Balaban J connectivity index is 1.78. The maximum Gasteiger partial charge on any atom is 0.293 e. The number of hydrogen-bond acceptors (Lipinski definition) is 5. The third-order valence-corrected chi connectivity index (χ3v) is 5.39. The van der Waals surface area contributed by atoms with Crippen LogP contribution >= 0.6 is 0 Å². The molecule has 0 aromatic heterocycles. The number of anilines is 2. The van der Waals surface area contributed by atoms with Crippen LogP contribution in [-0.2, 0) is 0 Å². The van der Waals surface area contributed by atoms with E-state index in [1.807, 2.05) is 18.7 Å². The van der Waals surface area contributed by atoms with Crippen LogP contribution in [0, 0.1) is 24.0 Å². The molecule has 154 valence electrons. The van der Waals surface area contributed by atoms with Crippen LogP contribution in [0.3, 0.4) is 0 Å². The highest BCUT2D eigenvalue weighted by Gasteiger charge is 2.26. The van der Waals surface area contributed by atoms with Crippen molar-refractivity contribution in [3.8, 4) is 0 Å². The second-order valence-electron chi connectivity index (χ2n) is 7.78. The van der Waals surface area contributed by atoms with E-state index in [4.69, 9.17) is 0 Å². The Kier molecular flexibility index (Phi) is 6.06. The fourth-order valence-corrected chi connectivity index (χ4v) is 3.69. The molecule has 0 radical (unpaired) electrons. The lowest BCUT2D eigenvalue weighted by Gasteiger charge is -2.38. The molecule has 2 aromatic rings. The van der Waals surface area contributed by atoms with Gasteiger partial charge in [0, 0.05) is 49.5 Å². The van der Waals surface area contributed by atoms with Crippen LogP contribution in [0.15, 0.2) is 36.4 Å². The lowest BCUT2D eigenvalue weighted by Crippen LogP contribution is -2.47. The number of nitro benzene ring substituents is 1. The minimum atomic E-state index is -0.404. The largest absolute Gasteiger partial charge is 0.368 e. The molecule has 0 aliphatic carbocycles. The maximum atomic E-state index is 12.2. The summed E-state index contributed by atoms with van der Waals surface area (Å²) in [5.74, 6) is -0.297. The van der Waals surface area contributed by atoms with E-state index < -0.39 is 4.92 Å². The summed E-state index contributed by atoms with van der Waals surface area (Å²) in [5.41, 5.74) is 4.60. The highest BCUT2D eigenvalue weighted by Crippen LogP contribution is 2.31. The Morgan fingerprint density at radius 2 is 1.66 bits per heavy atom. The van der Waals surface area contributed by atoms with Crippen molar-refractivity contribution in [1.29, 1.82) is 0 Å². The molecule has 1 aliphatic rings. The molecular formula is C22H28N4O3. The summed E-state index contributed by atoms with van der Waals surface area (Å²) >= 11 is 0. The molecule has 29 heavy (non-hydrogen) atoms. The van der Waals surface area contributed by atoms with E-state index in [-0.39, 0.29) is 17.6 Å². The molecule has 0 atom stereocenters. The SMILES string of the molecule is Cc1cccc(N2CCN(c3ccc(C(=O)NC(C)C)cc3[N+](=O)[O-])CC2)c1C. The van der Waals surface area contributed by atoms with Gasteiger partial charge in [0.2, 0.25) is 0 Å². The number of nitro groups is 1. The fourth-order valence-electron chi connectivity index (χ4n) is 3.69. The van der Waals surface area contributed by atoms with Crippen LogP contribution in [-0.4, -0.2) is 43.1 Å². The van der Waals surface area contributed by atoms with Gasteiger partial charge in [0.15, 0.2) is 0 Å². The Morgan fingerprint density at radius 3 is 2.24 bits per heavy atom. The van der Waals surface area contributed by atoms with Crippen LogP contribution in [0.4, 0.5) is 17.1 Å². The van der Waals surface area contributed by atoms with E-state index in [1.54, 1.807) is 12.1 Å². The molecule has 0 saturated carbocycles. The number of aryl methyl sites for hydroxylation is 1. The molecule has 7 nitrogen and oxygen atoms in total. The first kappa shape index (κ1) is 20.6. The molecule has 2 aromatic carbocycles. The summed E-state index contributed by atoms with van der Waals surface area (Å²) in [4.78, 5) is 27.8. The van der Waals surface area contributed by atoms with E-state index >= 15 is 0 Å². The summed E-state index contributed by atoms with van der Waals surface area (Å²) in [6.45, 7) is 10.9. The smallest absolute Gasteiger partial charge is 0.293 e. The zero-order valence-corrected chi connectivity index (χ0v) is 17.4. The second-order valence-corrected chi connectivity index (χ2v) is 7.78. The van der Waals surface area contributed by atoms with Crippen molar-refractivity contribution in [2.45, 2.75) is 33.7 Å². The number of piperazine rings is 1. The number of rotatable bonds is 5. The number of carbonyl (C=O) groups is 1. The molecule has 7 heteroatoms. The number of amides is 1. The van der Waals surface area contributed by atoms with Gasteiger partial charge in [-0.1, -0.05) is 12.1 Å². The minimum absolute atomic E-state index is 0.0263. The van der Waals surface area contributed by atoms with Gasteiger partial charge in [-0.3, -0.25) is 14.9 Å². The third-order valence-electron chi connectivity index (χ3n) is 5.39. The van der Waals surface area contributed by atoms with Crippen molar-refractivity contribution in [2.75, 3.05) is 36.0 Å². The molecular weight excluding hydrogens is 368 g/mol. The fraction of sp³-hybridized carbons (Fsp3) is 0.409. The second kappa shape index (κ2) is 8.51. The van der Waals surface area contributed by atoms with Crippen molar-refractivity contribution >= 4 is 23.0 Å². The molecule has 3 rings (SSSR count). The standard InChI is InChI=1S/C22H28N4O3/c1-15(2)23-22(27)18-8-9-20(21(14-18)26(28)29)25-12-10-24(11-13-25)19-7-5-6-16(3)17(19)4/h5-9,14-15H,10-13H2,1-4H3,(H,23,27). The normalized spacial score (nSPS) is 14.2. The topological polar surface area (TPSA) is 78.7 Å². The maximum absolute atomic E-state index is 12.2. The van der Waals surface area contributed by atoms with Gasteiger partial charge < -0.3 is 15.1 Å². The van der Waals surface area contributed by atoms with Crippen LogP contribution in [0.25, 0.3) is 0 Å². The van der Waals surface area contributed by atoms with Gasteiger partial charge in [-0.2, -0.15) is 0 Å². The highest BCUT2D eigenvalue weighted by atomic mass is 16.6. The minimum Gasteiger partial charge on any atom is -0.368 e. The highest BCUT2D eigenvalue weighted by molar-refractivity contribution is 5.96. The predicted molar refractivity (Wildman–Crippen MR) is 116 cm³/mol. The summed E-state index contributed by atoms with van der Waals surface area (Å²) in [6.07, 6.45) is 0. The van der Waals surface area contributed by atoms with Crippen molar-refractivity contribution in [2.24, 2.45) is 0 Å². The molecule has 0 bridgehead atoms. The summed E-state index contributed by atoms with van der Waals surface area (Å²) in [6, 6.07) is 11.0. The third kappa shape index (κ3) is 4.50. The number of carbonyl (C=O) groups excluding carboxylic acids is 1. The molecule has 0 spiro atoms. The Morgan fingerprint density at radius 1 is 1.03 bits per heavy atom. The molecule has 1 fully saturated rings. The van der Waals surface area contributed by atoms with Crippen molar-refractivity contribution in [3.63, 3.8) is 0 Å². The summed E-state index contributed by atoms with van der Waals surface area (Å²) in [7, 11) is 0. The van der Waals surface area contributed by atoms with E-state index in [9.17, 15) is 14.9 Å². The van der Waals surface area contributed by atoms with Crippen LogP contribution < -0.4 is 15.1 Å². The van der Waals surface area contributed by atoms with Gasteiger partial charge in [0.1, 0.15) is 5.69 Å². The van der Waals surface area contributed by atoms with E-state index in [1.165, 1.54) is 22.9 Å². The van der Waals surface area contributed by atoms with E-state index in [0.717, 1.165) is 13.1 Å². The lowest BCUT2D eigenvalue weighted by molar-refractivity contribution is -0.384. The Labute approximate surface area is 171 Å². The Hall–Kier alpha value is -3.09. The van der Waals surface area contributed by atoms with Crippen LogP contribution in [0.2, 0.25) is 0 Å². The predicted octanol–water partition coefficient (Wildman–Crippen LogP) is 3.68. The number of benzene rings is 2. The molecule has 1 N–H and O–H groups in total. The monoisotopic (exact) mass is 396 g/mol. The number of hydrogen-bond donors (Lipinski definition) is 1. The van der Waals surface area contributed by atoms with Crippen LogP contribution in [0.5, 0.6) is 0 Å². The van der Waals surface area contributed by atoms with Crippen LogP contribution in [0.1, 0.15) is 35.3 Å². The van der Waals surface area contributed by atoms with Gasteiger partial charge in [-0.05, 0) is 57.0 Å². The lowest BCUT2D eigenvalue weighted by atomic mass is 10.1. The molecule has 1 saturated heterocycles. The number of nitrogens with zero attached hydrogens (tertiary/aromatic N) is 3. The van der Waals surface area contributed by atoms with Gasteiger partial charge in [0.05, 0.1) is 4.92 Å². The van der Waals surface area contributed by atoms with Gasteiger partial charge >= 0.3 is 0 Å². The van der Waals surface area contributed by atoms with E-state index in [2.05, 4.69) is 42.3 Å². The molecule has 1 heterocycles. The number of nitrogens with one attached hydrogen (secondary N) is 1. The average molecular weight is 396 g/mol. The molecule has 0 unspecified atom stereocenters. The zero-order valence-electron chi connectivity index (χ0n) is 17.4. The molecule has 1 amide bonds. The van der Waals surface area contributed by atoms with Gasteiger partial charge in [-0.15, -0.1) is 0 Å². The van der Waals surface area contributed by atoms with Gasteiger partial charge in [-0.25, -0.2) is 0 Å². The first-order valence-corrected chi connectivity index (χ1v) is 9.93. The average Bonchev–Trinajstić information content (AvgIpc) is 2.69.